The van der Waals surface area contributed by atoms with Gasteiger partial charge in [-0.1, -0.05) is 49.1 Å². The number of amides is 2. The van der Waals surface area contributed by atoms with Crippen LogP contribution in [-0.2, 0) is 11.3 Å². The Morgan fingerprint density at radius 1 is 0.917 bits per heavy atom. The zero-order valence-corrected chi connectivity index (χ0v) is 20.8. The Morgan fingerprint density at radius 2 is 1.61 bits per heavy atom. The number of hydrogen-bond donors (Lipinski definition) is 1. The van der Waals surface area contributed by atoms with E-state index in [9.17, 15) is 19.2 Å². The third kappa shape index (κ3) is 4.82. The minimum atomic E-state index is -0.537. The van der Waals surface area contributed by atoms with E-state index >= 15 is 0 Å². The predicted octanol–water partition coefficient (Wildman–Crippen LogP) is 3.26. The Hall–Kier alpha value is -3.39. The Bertz CT molecular complexity index is 1420. The van der Waals surface area contributed by atoms with Gasteiger partial charge < -0.3 is 9.80 Å². The predicted molar refractivity (Wildman–Crippen MR) is 138 cm³/mol. The normalized spacial score (nSPS) is 16.9. The molecule has 1 aliphatic heterocycles. The molecule has 0 unspecified atom stereocenters. The average molecular weight is 509 g/mol. The molecule has 3 aromatic rings. The van der Waals surface area contributed by atoms with Crippen LogP contribution >= 0.6 is 11.6 Å². The molecule has 8 nitrogen and oxygen atoms in total. The first kappa shape index (κ1) is 24.3. The van der Waals surface area contributed by atoms with Crippen LogP contribution in [-0.4, -0.2) is 57.3 Å². The number of hydrogen-bond acceptors (Lipinski definition) is 4. The molecule has 5 rings (SSSR count). The van der Waals surface area contributed by atoms with Crippen molar-refractivity contribution in [2.45, 2.75) is 38.6 Å². The highest BCUT2D eigenvalue weighted by molar-refractivity contribution is 6.35. The molecule has 1 aromatic heterocycles. The summed E-state index contributed by atoms with van der Waals surface area (Å²) in [7, 11) is 0. The van der Waals surface area contributed by atoms with Crippen LogP contribution in [0.4, 0.5) is 0 Å². The van der Waals surface area contributed by atoms with Crippen LogP contribution in [0.25, 0.3) is 10.9 Å². The van der Waals surface area contributed by atoms with E-state index in [1.165, 1.54) is 11.0 Å². The smallest absolute Gasteiger partial charge is 0.329 e. The fraction of sp³-hybridized carbons (Fsp3) is 0.407. The standard InChI is InChI=1S/C27H29ClN4O4/c28-21-10-5-11-22-23(21)24(33)29-27(36)32(22)17-18-6-4-9-20(16-18)26(35)31-14-12-30(13-15-31)25(34)19-7-2-1-3-8-19/h4-6,9-11,16,19H,1-3,7-8,12-15,17H2,(H,29,33,36). The van der Waals surface area contributed by atoms with Crippen molar-refractivity contribution in [3.8, 4) is 0 Å². The van der Waals surface area contributed by atoms with E-state index in [1.54, 1.807) is 41.3 Å². The second-order valence-corrected chi connectivity index (χ2v) is 10.0. The quantitative estimate of drug-likeness (QED) is 0.585. The lowest BCUT2D eigenvalue weighted by atomic mass is 9.88. The van der Waals surface area contributed by atoms with Gasteiger partial charge in [-0.15, -0.1) is 0 Å². The van der Waals surface area contributed by atoms with Crippen molar-refractivity contribution in [2.75, 3.05) is 26.2 Å². The molecule has 2 heterocycles. The molecule has 2 aromatic carbocycles. The first-order valence-electron chi connectivity index (χ1n) is 12.5. The number of H-pyrrole nitrogens is 1. The summed E-state index contributed by atoms with van der Waals surface area (Å²) in [5, 5.41) is 0.527. The molecular weight excluding hydrogens is 480 g/mol. The fourth-order valence-corrected chi connectivity index (χ4v) is 5.62. The molecule has 188 valence electrons. The third-order valence-corrected chi connectivity index (χ3v) is 7.64. The summed E-state index contributed by atoms with van der Waals surface area (Å²) in [5.74, 6) is 0.283. The number of aromatic amines is 1. The van der Waals surface area contributed by atoms with E-state index in [1.807, 2.05) is 11.0 Å². The maximum absolute atomic E-state index is 13.2. The van der Waals surface area contributed by atoms with Crippen LogP contribution in [0, 0.1) is 5.92 Å². The number of carbonyl (C=O) groups is 2. The van der Waals surface area contributed by atoms with Crippen LogP contribution < -0.4 is 11.2 Å². The van der Waals surface area contributed by atoms with Crippen molar-refractivity contribution in [3.05, 3.63) is 79.5 Å². The summed E-state index contributed by atoms with van der Waals surface area (Å²) < 4.78 is 1.45. The van der Waals surface area contributed by atoms with Crippen molar-refractivity contribution < 1.29 is 9.59 Å². The van der Waals surface area contributed by atoms with E-state index in [0.29, 0.717) is 37.3 Å². The number of halogens is 1. The van der Waals surface area contributed by atoms with Gasteiger partial charge in [-0.25, -0.2) is 4.79 Å². The van der Waals surface area contributed by atoms with Gasteiger partial charge in [0, 0.05) is 37.7 Å². The lowest BCUT2D eigenvalue weighted by molar-refractivity contribution is -0.138. The fourth-order valence-electron chi connectivity index (χ4n) is 5.36. The minimum Gasteiger partial charge on any atom is -0.339 e. The van der Waals surface area contributed by atoms with E-state index in [0.717, 1.165) is 31.2 Å². The minimum absolute atomic E-state index is 0.0941. The number of fused-ring (bicyclic) bond motifs is 1. The van der Waals surface area contributed by atoms with Gasteiger partial charge in [0.25, 0.3) is 11.5 Å². The van der Waals surface area contributed by atoms with Gasteiger partial charge in [-0.3, -0.25) is 23.9 Å². The SMILES string of the molecule is O=C(c1cccc(Cn2c(=O)[nH]c(=O)c3c(Cl)cccc32)c1)N1CCN(C(=O)C2CCCCC2)CC1. The molecule has 1 saturated heterocycles. The molecule has 36 heavy (non-hydrogen) atoms. The summed E-state index contributed by atoms with van der Waals surface area (Å²) in [6, 6.07) is 12.1. The van der Waals surface area contributed by atoms with Crippen LogP contribution in [0.2, 0.25) is 5.02 Å². The van der Waals surface area contributed by atoms with E-state index in [2.05, 4.69) is 4.98 Å². The Balaban J connectivity index is 1.30. The van der Waals surface area contributed by atoms with Gasteiger partial charge in [0.15, 0.2) is 0 Å². The van der Waals surface area contributed by atoms with E-state index < -0.39 is 11.2 Å². The van der Waals surface area contributed by atoms with Crippen molar-refractivity contribution in [1.29, 1.82) is 0 Å². The molecule has 0 radical (unpaired) electrons. The molecule has 2 aliphatic rings. The van der Waals surface area contributed by atoms with Gasteiger partial charge in [-0.2, -0.15) is 0 Å². The zero-order chi connectivity index (χ0) is 25.2. The van der Waals surface area contributed by atoms with Crippen LogP contribution in [0.5, 0.6) is 0 Å². The summed E-state index contributed by atoms with van der Waals surface area (Å²) in [6.45, 7) is 2.30. The first-order valence-corrected chi connectivity index (χ1v) is 12.9. The molecule has 1 saturated carbocycles. The Kier molecular flexibility index (Phi) is 6.96. The van der Waals surface area contributed by atoms with E-state index in [-0.39, 0.29) is 34.7 Å². The lowest BCUT2D eigenvalue weighted by Crippen LogP contribution is -2.52. The molecule has 0 spiro atoms. The second kappa shape index (κ2) is 10.3. The van der Waals surface area contributed by atoms with E-state index in [4.69, 9.17) is 11.6 Å². The summed E-state index contributed by atoms with van der Waals surface area (Å²) >= 11 is 6.21. The summed E-state index contributed by atoms with van der Waals surface area (Å²) in [5.41, 5.74) is 0.653. The van der Waals surface area contributed by atoms with Gasteiger partial charge in [-0.05, 0) is 42.7 Å². The van der Waals surface area contributed by atoms with Crippen molar-refractivity contribution >= 4 is 34.3 Å². The number of carbonyl (C=O) groups excluding carboxylic acids is 2. The highest BCUT2D eigenvalue weighted by atomic mass is 35.5. The largest absolute Gasteiger partial charge is 0.339 e. The molecule has 2 amide bonds. The number of piperazine rings is 1. The summed E-state index contributed by atoms with van der Waals surface area (Å²) in [6.07, 6.45) is 5.42. The molecule has 0 bridgehead atoms. The van der Waals surface area contributed by atoms with Crippen LogP contribution in [0.15, 0.2) is 52.1 Å². The molecule has 0 atom stereocenters. The summed E-state index contributed by atoms with van der Waals surface area (Å²) in [4.78, 5) is 57.0. The van der Waals surface area contributed by atoms with Crippen LogP contribution in [0.1, 0.15) is 48.0 Å². The molecule has 9 heteroatoms. The molecule has 1 N–H and O–H groups in total. The van der Waals surface area contributed by atoms with Gasteiger partial charge in [0.1, 0.15) is 0 Å². The topological polar surface area (TPSA) is 95.5 Å². The number of nitrogens with zero attached hydrogens (tertiary/aromatic N) is 3. The maximum Gasteiger partial charge on any atom is 0.329 e. The van der Waals surface area contributed by atoms with Gasteiger partial charge in [0.05, 0.1) is 22.5 Å². The number of benzene rings is 2. The Labute approximate surface area is 213 Å². The highest BCUT2D eigenvalue weighted by Crippen LogP contribution is 2.26. The van der Waals surface area contributed by atoms with Crippen molar-refractivity contribution in [1.82, 2.24) is 19.4 Å². The van der Waals surface area contributed by atoms with Gasteiger partial charge >= 0.3 is 5.69 Å². The number of aromatic nitrogens is 2. The molecule has 2 fully saturated rings. The maximum atomic E-state index is 13.2. The van der Waals surface area contributed by atoms with Crippen LogP contribution in [0.3, 0.4) is 0 Å². The third-order valence-electron chi connectivity index (χ3n) is 7.32. The average Bonchev–Trinajstić information content (AvgIpc) is 2.91. The second-order valence-electron chi connectivity index (χ2n) is 9.63. The monoisotopic (exact) mass is 508 g/mol. The highest BCUT2D eigenvalue weighted by Gasteiger charge is 2.30. The van der Waals surface area contributed by atoms with Crippen molar-refractivity contribution in [3.63, 3.8) is 0 Å². The van der Waals surface area contributed by atoms with Gasteiger partial charge in [0.2, 0.25) is 5.91 Å². The first-order chi connectivity index (χ1) is 17.4. The number of rotatable bonds is 4. The Morgan fingerprint density at radius 3 is 2.36 bits per heavy atom. The zero-order valence-electron chi connectivity index (χ0n) is 20.0. The van der Waals surface area contributed by atoms with Crippen molar-refractivity contribution in [2.24, 2.45) is 5.92 Å². The number of nitrogens with one attached hydrogen (secondary N) is 1. The lowest BCUT2D eigenvalue weighted by Gasteiger charge is -2.37. The molecular formula is C27H29ClN4O4. The molecule has 1 aliphatic carbocycles.